The predicted molar refractivity (Wildman–Crippen MR) is 54.8 cm³/mol. The first kappa shape index (κ1) is 12.9. The molecule has 0 aromatic carbocycles. The van der Waals surface area contributed by atoms with Crippen LogP contribution < -0.4 is 5.73 Å². The highest BCUT2D eigenvalue weighted by Crippen LogP contribution is 2.04. The van der Waals surface area contributed by atoms with Crippen molar-refractivity contribution < 1.29 is 9.47 Å². The van der Waals surface area contributed by atoms with Gasteiger partial charge >= 0.3 is 0 Å². The van der Waals surface area contributed by atoms with E-state index in [4.69, 9.17) is 15.2 Å². The highest BCUT2D eigenvalue weighted by Gasteiger charge is 2.07. The molecule has 0 aromatic heterocycles. The van der Waals surface area contributed by atoms with Crippen molar-refractivity contribution >= 4 is 0 Å². The Morgan fingerprint density at radius 2 is 1.92 bits per heavy atom. The third-order valence-corrected chi connectivity index (χ3v) is 1.84. The Labute approximate surface area is 81.6 Å². The first-order valence-electron chi connectivity index (χ1n) is 5.14. The summed E-state index contributed by atoms with van der Waals surface area (Å²) >= 11 is 0. The van der Waals surface area contributed by atoms with Crippen LogP contribution in [0.4, 0.5) is 0 Å². The molecule has 0 spiro atoms. The SMILES string of the molecule is CCOCC(C)OC(C)CCCN. The smallest absolute Gasteiger partial charge is 0.0784 e. The van der Waals surface area contributed by atoms with Gasteiger partial charge in [0, 0.05) is 6.61 Å². The first-order chi connectivity index (χ1) is 6.20. The Kier molecular flexibility index (Phi) is 8.40. The normalized spacial score (nSPS) is 15.7. The molecule has 2 N–H and O–H groups in total. The Hall–Kier alpha value is -0.120. The number of ether oxygens (including phenoxy) is 2. The molecule has 0 bridgehead atoms. The molecule has 0 aliphatic carbocycles. The van der Waals surface area contributed by atoms with Gasteiger partial charge in [0.2, 0.25) is 0 Å². The molecule has 0 heterocycles. The van der Waals surface area contributed by atoms with E-state index in [1.165, 1.54) is 0 Å². The Bertz CT molecular complexity index is 97.1. The maximum absolute atomic E-state index is 5.67. The summed E-state index contributed by atoms with van der Waals surface area (Å²) in [5.74, 6) is 0. The fourth-order valence-corrected chi connectivity index (χ4v) is 1.19. The maximum atomic E-state index is 5.67. The van der Waals surface area contributed by atoms with Gasteiger partial charge < -0.3 is 15.2 Å². The van der Waals surface area contributed by atoms with Gasteiger partial charge in [0.05, 0.1) is 18.8 Å². The zero-order valence-electron chi connectivity index (χ0n) is 9.08. The maximum Gasteiger partial charge on any atom is 0.0784 e. The molecule has 0 aliphatic heterocycles. The van der Waals surface area contributed by atoms with E-state index in [-0.39, 0.29) is 6.10 Å². The molecule has 0 amide bonds. The quantitative estimate of drug-likeness (QED) is 0.630. The summed E-state index contributed by atoms with van der Waals surface area (Å²) < 4.78 is 10.9. The highest BCUT2D eigenvalue weighted by atomic mass is 16.5. The van der Waals surface area contributed by atoms with Crippen LogP contribution in [0.3, 0.4) is 0 Å². The molecule has 0 saturated heterocycles. The number of hydrogen-bond acceptors (Lipinski definition) is 3. The third-order valence-electron chi connectivity index (χ3n) is 1.84. The van der Waals surface area contributed by atoms with Crippen LogP contribution in [0.2, 0.25) is 0 Å². The molecule has 0 fully saturated rings. The molecule has 0 aliphatic rings. The fraction of sp³-hybridized carbons (Fsp3) is 1.00. The van der Waals surface area contributed by atoms with Crippen LogP contribution in [0.15, 0.2) is 0 Å². The van der Waals surface area contributed by atoms with Crippen LogP contribution in [0.5, 0.6) is 0 Å². The van der Waals surface area contributed by atoms with Crippen LogP contribution in [0.25, 0.3) is 0 Å². The second-order valence-electron chi connectivity index (χ2n) is 3.35. The summed E-state index contributed by atoms with van der Waals surface area (Å²) in [6, 6.07) is 0. The van der Waals surface area contributed by atoms with Gasteiger partial charge in [-0.2, -0.15) is 0 Å². The topological polar surface area (TPSA) is 44.5 Å². The van der Waals surface area contributed by atoms with Crippen molar-refractivity contribution in [1.82, 2.24) is 0 Å². The second-order valence-corrected chi connectivity index (χ2v) is 3.35. The monoisotopic (exact) mass is 189 g/mol. The van der Waals surface area contributed by atoms with Gasteiger partial charge in [-0.05, 0) is 40.2 Å². The lowest BCUT2D eigenvalue weighted by Crippen LogP contribution is -2.22. The van der Waals surface area contributed by atoms with Crippen LogP contribution in [0.1, 0.15) is 33.6 Å². The molecule has 0 aromatic rings. The average Bonchev–Trinajstić information content (AvgIpc) is 2.11. The van der Waals surface area contributed by atoms with Crippen molar-refractivity contribution in [3.8, 4) is 0 Å². The lowest BCUT2D eigenvalue weighted by atomic mass is 10.2. The summed E-state index contributed by atoms with van der Waals surface area (Å²) in [5, 5.41) is 0. The minimum atomic E-state index is 0.188. The van der Waals surface area contributed by atoms with Crippen molar-refractivity contribution in [3.05, 3.63) is 0 Å². The molecular formula is C10H23NO2. The molecule has 3 nitrogen and oxygen atoms in total. The van der Waals surface area contributed by atoms with E-state index in [1.807, 2.05) is 13.8 Å². The van der Waals surface area contributed by atoms with Gasteiger partial charge in [-0.1, -0.05) is 0 Å². The Morgan fingerprint density at radius 1 is 1.23 bits per heavy atom. The van der Waals surface area contributed by atoms with E-state index in [2.05, 4.69) is 6.92 Å². The molecular weight excluding hydrogens is 166 g/mol. The molecule has 3 heteroatoms. The second kappa shape index (κ2) is 8.48. The molecule has 0 radical (unpaired) electrons. The van der Waals surface area contributed by atoms with Crippen molar-refractivity contribution in [2.75, 3.05) is 19.8 Å². The van der Waals surface area contributed by atoms with E-state index in [0.717, 1.165) is 26.0 Å². The zero-order valence-corrected chi connectivity index (χ0v) is 9.08. The van der Waals surface area contributed by atoms with Gasteiger partial charge in [0.15, 0.2) is 0 Å². The lowest BCUT2D eigenvalue weighted by molar-refractivity contribution is -0.0421. The van der Waals surface area contributed by atoms with Crippen molar-refractivity contribution in [3.63, 3.8) is 0 Å². The van der Waals surface area contributed by atoms with Gasteiger partial charge in [0.1, 0.15) is 0 Å². The average molecular weight is 189 g/mol. The molecule has 2 unspecified atom stereocenters. The summed E-state index contributed by atoms with van der Waals surface area (Å²) in [4.78, 5) is 0. The number of rotatable bonds is 8. The molecule has 0 rings (SSSR count). The Balaban J connectivity index is 3.35. The van der Waals surface area contributed by atoms with Crippen molar-refractivity contribution in [1.29, 1.82) is 0 Å². The molecule has 13 heavy (non-hydrogen) atoms. The summed E-state index contributed by atoms with van der Waals surface area (Å²) in [6.45, 7) is 8.29. The minimum absolute atomic E-state index is 0.188. The molecule has 80 valence electrons. The summed E-state index contributed by atoms with van der Waals surface area (Å²) in [7, 11) is 0. The van der Waals surface area contributed by atoms with Crippen LogP contribution >= 0.6 is 0 Å². The zero-order chi connectivity index (χ0) is 10.1. The number of hydrogen-bond donors (Lipinski definition) is 1. The predicted octanol–water partition coefficient (Wildman–Crippen LogP) is 1.56. The van der Waals surface area contributed by atoms with E-state index in [9.17, 15) is 0 Å². The fourth-order valence-electron chi connectivity index (χ4n) is 1.19. The Morgan fingerprint density at radius 3 is 2.46 bits per heavy atom. The van der Waals surface area contributed by atoms with Crippen molar-refractivity contribution in [2.45, 2.75) is 45.8 Å². The molecule has 0 saturated carbocycles. The minimum Gasteiger partial charge on any atom is -0.379 e. The van der Waals surface area contributed by atoms with Gasteiger partial charge in [0.25, 0.3) is 0 Å². The van der Waals surface area contributed by atoms with Gasteiger partial charge in [-0.25, -0.2) is 0 Å². The van der Waals surface area contributed by atoms with E-state index in [0.29, 0.717) is 12.7 Å². The van der Waals surface area contributed by atoms with Crippen molar-refractivity contribution in [2.24, 2.45) is 5.73 Å². The van der Waals surface area contributed by atoms with Crippen LogP contribution in [-0.4, -0.2) is 32.0 Å². The van der Waals surface area contributed by atoms with E-state index < -0.39 is 0 Å². The van der Waals surface area contributed by atoms with E-state index in [1.54, 1.807) is 0 Å². The number of nitrogens with two attached hydrogens (primary N) is 1. The molecule has 2 atom stereocenters. The lowest BCUT2D eigenvalue weighted by Gasteiger charge is -2.18. The summed E-state index contributed by atoms with van der Waals surface area (Å²) in [6.07, 6.45) is 2.54. The standard InChI is InChI=1S/C10H23NO2/c1-4-12-8-10(3)13-9(2)6-5-7-11/h9-10H,4-8,11H2,1-3H3. The van der Waals surface area contributed by atoms with Crippen LogP contribution in [-0.2, 0) is 9.47 Å². The van der Waals surface area contributed by atoms with Gasteiger partial charge in [-0.15, -0.1) is 0 Å². The summed E-state index contributed by atoms with van der Waals surface area (Å²) in [5.41, 5.74) is 5.41. The van der Waals surface area contributed by atoms with E-state index >= 15 is 0 Å². The van der Waals surface area contributed by atoms with Crippen LogP contribution in [0, 0.1) is 0 Å². The highest BCUT2D eigenvalue weighted by molar-refractivity contribution is 4.55. The first-order valence-corrected chi connectivity index (χ1v) is 5.14. The largest absolute Gasteiger partial charge is 0.379 e. The third kappa shape index (κ3) is 8.22. The van der Waals surface area contributed by atoms with Gasteiger partial charge in [-0.3, -0.25) is 0 Å².